The van der Waals surface area contributed by atoms with Crippen molar-refractivity contribution in [1.29, 1.82) is 5.26 Å². The quantitative estimate of drug-likeness (QED) is 0.695. The molecule has 0 aromatic heterocycles. The van der Waals surface area contributed by atoms with E-state index >= 15 is 0 Å². The Morgan fingerprint density at radius 2 is 2.20 bits per heavy atom. The molecule has 1 nitrogen and oxygen atoms in total. The van der Waals surface area contributed by atoms with Gasteiger partial charge in [-0.05, 0) is 25.5 Å². The van der Waals surface area contributed by atoms with Crippen molar-refractivity contribution in [2.75, 3.05) is 0 Å². The third-order valence-corrected chi connectivity index (χ3v) is 2.54. The van der Waals surface area contributed by atoms with Crippen molar-refractivity contribution in [3.8, 4) is 6.07 Å². The smallest absolute Gasteiger partial charge is 0.131 e. The highest BCUT2D eigenvalue weighted by atomic mass is 35.5. The number of hydrogen-bond donors (Lipinski definition) is 0. The molecule has 78 valence electrons. The summed E-state index contributed by atoms with van der Waals surface area (Å²) in [6, 6.07) is 6.65. The molecule has 0 radical (unpaired) electrons. The van der Waals surface area contributed by atoms with E-state index in [1.807, 2.05) is 19.9 Å². The van der Waals surface area contributed by atoms with Gasteiger partial charge in [0.05, 0.1) is 11.1 Å². The maximum atomic E-state index is 13.4. The van der Waals surface area contributed by atoms with Crippen LogP contribution in [0.1, 0.15) is 24.5 Å². The average Bonchev–Trinajstić information content (AvgIpc) is 2.23. The molecular weight excluding hydrogens is 213 g/mol. The Kier molecular flexibility index (Phi) is 3.88. The highest BCUT2D eigenvalue weighted by Crippen LogP contribution is 2.27. The molecule has 1 rings (SSSR count). The fraction of sp³-hybridized carbons (Fsp3) is 0.250. The molecule has 0 spiro atoms. The number of halogens is 2. The fourth-order valence-electron chi connectivity index (χ4n) is 1.25. The van der Waals surface area contributed by atoms with Crippen LogP contribution in [0.5, 0.6) is 0 Å². The zero-order chi connectivity index (χ0) is 11.4. The first-order valence-corrected chi connectivity index (χ1v) is 5.03. The van der Waals surface area contributed by atoms with Gasteiger partial charge in [-0.3, -0.25) is 0 Å². The lowest BCUT2D eigenvalue weighted by atomic mass is 10.1. The molecule has 1 aromatic rings. The predicted molar refractivity (Wildman–Crippen MR) is 59.8 cm³/mol. The summed E-state index contributed by atoms with van der Waals surface area (Å²) in [5.41, 5.74) is 1.62. The van der Waals surface area contributed by atoms with Gasteiger partial charge in [0.2, 0.25) is 0 Å². The molecule has 0 N–H and O–H groups in total. The number of nitriles is 1. The van der Waals surface area contributed by atoms with Gasteiger partial charge in [0, 0.05) is 11.1 Å². The summed E-state index contributed by atoms with van der Waals surface area (Å²) in [6.07, 6.45) is 0.503. The molecule has 0 fully saturated rings. The summed E-state index contributed by atoms with van der Waals surface area (Å²) in [5.74, 6) is -0.396. The van der Waals surface area contributed by atoms with E-state index in [2.05, 4.69) is 0 Å². The van der Waals surface area contributed by atoms with Gasteiger partial charge >= 0.3 is 0 Å². The second-order valence-corrected chi connectivity index (χ2v) is 3.62. The van der Waals surface area contributed by atoms with E-state index in [0.717, 1.165) is 5.56 Å². The standard InChI is InChI=1S/C12H11ClFN/c1-3-9(7-15)12(13)10-6-8(2)4-5-11(10)14/h4-6H,3H2,1-2H3. The van der Waals surface area contributed by atoms with Gasteiger partial charge in [0.1, 0.15) is 5.82 Å². The summed E-state index contributed by atoms with van der Waals surface area (Å²) in [5, 5.41) is 9.01. The van der Waals surface area contributed by atoms with Crippen molar-refractivity contribution in [1.82, 2.24) is 0 Å². The zero-order valence-corrected chi connectivity index (χ0v) is 9.40. The Balaban J connectivity index is 3.34. The number of rotatable bonds is 2. The van der Waals surface area contributed by atoms with Crippen molar-refractivity contribution < 1.29 is 4.39 Å². The minimum atomic E-state index is -0.396. The van der Waals surface area contributed by atoms with Crippen LogP contribution < -0.4 is 0 Å². The largest absolute Gasteiger partial charge is 0.206 e. The van der Waals surface area contributed by atoms with Crippen molar-refractivity contribution in [3.63, 3.8) is 0 Å². The molecule has 15 heavy (non-hydrogen) atoms. The Bertz CT molecular complexity index is 443. The third-order valence-electron chi connectivity index (χ3n) is 2.11. The molecule has 0 saturated heterocycles. The second-order valence-electron chi connectivity index (χ2n) is 3.24. The number of nitrogens with zero attached hydrogens (tertiary/aromatic N) is 1. The SMILES string of the molecule is CCC(C#N)=C(Cl)c1cc(C)ccc1F. The summed E-state index contributed by atoms with van der Waals surface area (Å²) in [4.78, 5) is 0. The van der Waals surface area contributed by atoms with Crippen LogP contribution in [-0.4, -0.2) is 0 Å². The van der Waals surface area contributed by atoms with E-state index < -0.39 is 5.82 Å². The van der Waals surface area contributed by atoms with Crippen LogP contribution in [0, 0.1) is 24.1 Å². The van der Waals surface area contributed by atoms with E-state index in [9.17, 15) is 4.39 Å². The van der Waals surface area contributed by atoms with Crippen molar-refractivity contribution in [3.05, 3.63) is 40.7 Å². The molecular formula is C12H11ClFN. The van der Waals surface area contributed by atoms with E-state index in [4.69, 9.17) is 16.9 Å². The molecule has 0 aliphatic rings. The molecule has 3 heteroatoms. The molecule has 0 unspecified atom stereocenters. The molecule has 0 atom stereocenters. The lowest BCUT2D eigenvalue weighted by molar-refractivity contribution is 0.624. The molecule has 1 aromatic carbocycles. The first-order valence-electron chi connectivity index (χ1n) is 4.65. The topological polar surface area (TPSA) is 23.8 Å². The minimum Gasteiger partial charge on any atom is -0.206 e. The highest BCUT2D eigenvalue weighted by Gasteiger charge is 2.10. The Labute approximate surface area is 93.8 Å². The molecule has 0 bridgehead atoms. The van der Waals surface area contributed by atoms with Crippen molar-refractivity contribution in [2.45, 2.75) is 20.3 Å². The van der Waals surface area contributed by atoms with Gasteiger partial charge < -0.3 is 0 Å². The van der Waals surface area contributed by atoms with Crippen LogP contribution >= 0.6 is 11.6 Å². The normalized spacial score (nSPS) is 11.9. The number of benzene rings is 1. The van der Waals surface area contributed by atoms with E-state index in [-0.39, 0.29) is 5.03 Å². The minimum absolute atomic E-state index is 0.209. The average molecular weight is 224 g/mol. The summed E-state index contributed by atoms with van der Waals surface area (Å²) >= 11 is 5.97. The van der Waals surface area contributed by atoms with E-state index in [0.29, 0.717) is 17.6 Å². The first kappa shape index (κ1) is 11.7. The predicted octanol–water partition coefficient (Wildman–Crippen LogP) is 4.02. The monoisotopic (exact) mass is 223 g/mol. The van der Waals surface area contributed by atoms with Crippen LogP contribution in [0.25, 0.3) is 5.03 Å². The maximum absolute atomic E-state index is 13.4. The number of allylic oxidation sites excluding steroid dienone is 1. The number of hydrogen-bond acceptors (Lipinski definition) is 1. The molecule has 0 aliphatic carbocycles. The highest BCUT2D eigenvalue weighted by molar-refractivity contribution is 6.49. The zero-order valence-electron chi connectivity index (χ0n) is 8.64. The molecule has 0 heterocycles. The van der Waals surface area contributed by atoms with E-state index in [1.54, 1.807) is 12.1 Å². The Morgan fingerprint density at radius 1 is 1.53 bits per heavy atom. The molecule has 0 amide bonds. The Hall–Kier alpha value is -1.33. The van der Waals surface area contributed by atoms with Crippen molar-refractivity contribution in [2.24, 2.45) is 0 Å². The summed E-state index contributed by atoms with van der Waals surface area (Å²) in [6.45, 7) is 3.67. The second kappa shape index (κ2) is 4.95. The van der Waals surface area contributed by atoms with Crippen molar-refractivity contribution >= 4 is 16.6 Å². The van der Waals surface area contributed by atoms with Gasteiger partial charge in [-0.1, -0.05) is 30.2 Å². The van der Waals surface area contributed by atoms with Crippen LogP contribution in [0.3, 0.4) is 0 Å². The van der Waals surface area contributed by atoms with E-state index in [1.165, 1.54) is 6.07 Å². The molecule has 0 saturated carbocycles. The number of aryl methyl sites for hydroxylation is 1. The van der Waals surface area contributed by atoms with Crippen LogP contribution in [0.2, 0.25) is 0 Å². The molecule has 0 aliphatic heterocycles. The third kappa shape index (κ3) is 2.57. The maximum Gasteiger partial charge on any atom is 0.131 e. The van der Waals surface area contributed by atoms with Gasteiger partial charge in [-0.15, -0.1) is 0 Å². The lowest BCUT2D eigenvalue weighted by Gasteiger charge is -2.04. The van der Waals surface area contributed by atoms with Crippen LogP contribution in [0.4, 0.5) is 4.39 Å². The lowest BCUT2D eigenvalue weighted by Crippen LogP contribution is -1.90. The Morgan fingerprint density at radius 3 is 2.73 bits per heavy atom. The summed E-state index contributed by atoms with van der Waals surface area (Å²) < 4.78 is 13.4. The summed E-state index contributed by atoms with van der Waals surface area (Å²) in [7, 11) is 0. The van der Waals surface area contributed by atoms with Gasteiger partial charge in [-0.2, -0.15) is 5.26 Å². The van der Waals surface area contributed by atoms with Gasteiger partial charge in [-0.25, -0.2) is 4.39 Å². The van der Waals surface area contributed by atoms with Crippen LogP contribution in [0.15, 0.2) is 23.8 Å². The fourth-order valence-corrected chi connectivity index (χ4v) is 1.57. The van der Waals surface area contributed by atoms with Gasteiger partial charge in [0.25, 0.3) is 0 Å². The van der Waals surface area contributed by atoms with Crippen LogP contribution in [-0.2, 0) is 0 Å². The first-order chi connectivity index (χ1) is 7.10. The van der Waals surface area contributed by atoms with Gasteiger partial charge in [0.15, 0.2) is 0 Å².